The van der Waals surface area contributed by atoms with E-state index in [1.807, 2.05) is 12.1 Å². The van der Waals surface area contributed by atoms with Crippen molar-refractivity contribution in [3.8, 4) is 0 Å². The fraction of sp³-hybridized carbons (Fsp3) is 0.105. The maximum absolute atomic E-state index is 5.39. The number of aromatic nitrogens is 3. The molecule has 0 bridgehead atoms. The molecule has 0 saturated heterocycles. The number of hydrogen-bond donors (Lipinski definition) is 0. The molecule has 124 valence electrons. The highest BCUT2D eigenvalue weighted by atomic mass is 32.2. The molecule has 3 heterocycles. The minimum atomic E-state index is 0.427. The van der Waals surface area contributed by atoms with Gasteiger partial charge in [-0.05, 0) is 35.4 Å². The Kier molecular flexibility index (Phi) is 4.45. The molecule has 6 heteroatoms. The molecule has 1 aromatic carbocycles. The van der Waals surface area contributed by atoms with E-state index in [2.05, 4.69) is 50.2 Å². The molecule has 5 nitrogen and oxygen atoms in total. The lowest BCUT2D eigenvalue weighted by molar-refractivity contribution is 0.205. The van der Waals surface area contributed by atoms with Crippen molar-refractivity contribution in [3.05, 3.63) is 66.2 Å². The van der Waals surface area contributed by atoms with E-state index in [4.69, 9.17) is 4.74 Å². The van der Waals surface area contributed by atoms with Crippen LogP contribution in [0, 0.1) is 0 Å². The number of rotatable bonds is 4. The summed E-state index contributed by atoms with van der Waals surface area (Å²) in [5, 5.41) is 0.895. The molecule has 3 aromatic rings. The summed E-state index contributed by atoms with van der Waals surface area (Å²) in [7, 11) is 1.69. The largest absolute Gasteiger partial charge is 0.364 e. The highest BCUT2D eigenvalue weighted by molar-refractivity contribution is 7.99. The molecule has 25 heavy (non-hydrogen) atoms. The van der Waals surface area contributed by atoms with Gasteiger partial charge >= 0.3 is 0 Å². The van der Waals surface area contributed by atoms with Gasteiger partial charge in [-0.2, -0.15) is 0 Å². The predicted octanol–water partition coefficient (Wildman–Crippen LogP) is 4.25. The van der Waals surface area contributed by atoms with Crippen molar-refractivity contribution >= 4 is 35.4 Å². The first-order valence-corrected chi connectivity index (χ1v) is 8.64. The van der Waals surface area contributed by atoms with Gasteiger partial charge in [0.25, 0.3) is 0 Å². The van der Waals surface area contributed by atoms with Crippen LogP contribution < -0.4 is 4.90 Å². The Morgan fingerprint density at radius 3 is 2.64 bits per heavy atom. The Labute approximate surface area is 150 Å². The van der Waals surface area contributed by atoms with E-state index in [1.54, 1.807) is 43.7 Å². The topological polar surface area (TPSA) is 51.1 Å². The quantitative estimate of drug-likeness (QED) is 0.702. The molecule has 2 aromatic heterocycles. The van der Waals surface area contributed by atoms with Crippen LogP contribution in [0.3, 0.4) is 0 Å². The summed E-state index contributed by atoms with van der Waals surface area (Å²) in [6.45, 7) is 0.427. The molecule has 0 unspecified atom stereocenters. The van der Waals surface area contributed by atoms with Crippen molar-refractivity contribution in [1.29, 1.82) is 0 Å². The molecule has 1 aliphatic rings. The molecule has 0 N–H and O–H groups in total. The van der Waals surface area contributed by atoms with Crippen molar-refractivity contribution in [2.45, 2.75) is 9.92 Å². The van der Waals surface area contributed by atoms with Gasteiger partial charge in [-0.25, -0.2) is 9.97 Å². The van der Waals surface area contributed by atoms with Crippen LogP contribution in [-0.4, -0.2) is 28.8 Å². The normalized spacial score (nSPS) is 12.9. The molecule has 0 saturated carbocycles. The van der Waals surface area contributed by atoms with Gasteiger partial charge in [-0.3, -0.25) is 9.88 Å². The van der Waals surface area contributed by atoms with Gasteiger partial charge in [0.1, 0.15) is 11.8 Å². The summed E-state index contributed by atoms with van der Waals surface area (Å²) in [4.78, 5) is 16.1. The second-order valence-corrected chi connectivity index (χ2v) is 6.50. The Hall–Kier alpha value is -2.70. The van der Waals surface area contributed by atoms with E-state index in [0.29, 0.717) is 6.73 Å². The van der Waals surface area contributed by atoms with Crippen LogP contribution in [0.15, 0.2) is 65.0 Å². The number of ether oxygens (including phenoxy) is 1. The first-order valence-electron chi connectivity index (χ1n) is 7.82. The molecular formula is C19H16N4OS. The van der Waals surface area contributed by atoms with Crippen LogP contribution in [0.2, 0.25) is 0 Å². The van der Waals surface area contributed by atoms with Crippen molar-refractivity contribution < 1.29 is 4.74 Å². The standard InChI is InChI=1S/C19H16N4OS/c1-24-13-23-16-12-15(3-2-14-6-8-20-9-7-14)4-5-17(16)25-19-18(23)21-10-11-22-19/h2-12H,13H2,1H3. The number of anilines is 2. The number of pyridine rings is 1. The van der Waals surface area contributed by atoms with E-state index in [0.717, 1.165) is 32.6 Å². The van der Waals surface area contributed by atoms with E-state index >= 15 is 0 Å². The average molecular weight is 348 g/mol. The Bertz CT molecular complexity index is 914. The summed E-state index contributed by atoms with van der Waals surface area (Å²) in [5.41, 5.74) is 3.31. The highest BCUT2D eigenvalue weighted by Gasteiger charge is 2.25. The van der Waals surface area contributed by atoms with Crippen molar-refractivity contribution in [2.75, 3.05) is 18.7 Å². The molecule has 1 aliphatic heterocycles. The summed E-state index contributed by atoms with van der Waals surface area (Å²) in [6, 6.07) is 10.3. The number of methoxy groups -OCH3 is 1. The lowest BCUT2D eigenvalue weighted by atomic mass is 10.1. The van der Waals surface area contributed by atoms with Crippen LogP contribution in [-0.2, 0) is 4.74 Å². The zero-order valence-corrected chi connectivity index (χ0v) is 14.5. The lowest BCUT2D eigenvalue weighted by Crippen LogP contribution is -2.24. The van der Waals surface area contributed by atoms with E-state index in [9.17, 15) is 0 Å². The Morgan fingerprint density at radius 2 is 1.80 bits per heavy atom. The van der Waals surface area contributed by atoms with Gasteiger partial charge in [0, 0.05) is 36.8 Å². The minimum Gasteiger partial charge on any atom is -0.364 e. The van der Waals surface area contributed by atoms with Gasteiger partial charge in [0.05, 0.1) is 5.69 Å². The molecule has 0 atom stereocenters. The number of fused-ring (bicyclic) bond motifs is 2. The van der Waals surface area contributed by atoms with Crippen LogP contribution in [0.4, 0.5) is 11.5 Å². The predicted molar refractivity (Wildman–Crippen MR) is 99.8 cm³/mol. The van der Waals surface area contributed by atoms with E-state index in [-0.39, 0.29) is 0 Å². The monoisotopic (exact) mass is 348 g/mol. The summed E-state index contributed by atoms with van der Waals surface area (Å²) >= 11 is 1.63. The van der Waals surface area contributed by atoms with Crippen molar-refractivity contribution in [2.24, 2.45) is 0 Å². The van der Waals surface area contributed by atoms with Crippen LogP contribution in [0.5, 0.6) is 0 Å². The lowest BCUT2D eigenvalue weighted by Gasteiger charge is -2.30. The third-order valence-electron chi connectivity index (χ3n) is 3.82. The third kappa shape index (κ3) is 3.26. The second kappa shape index (κ2) is 7.04. The summed E-state index contributed by atoms with van der Waals surface area (Å²) in [6.07, 6.45) is 11.2. The molecule has 0 radical (unpaired) electrons. The van der Waals surface area contributed by atoms with Gasteiger partial charge < -0.3 is 4.74 Å². The zero-order chi connectivity index (χ0) is 17.1. The van der Waals surface area contributed by atoms with Crippen molar-refractivity contribution in [3.63, 3.8) is 0 Å². The Morgan fingerprint density at radius 1 is 1.00 bits per heavy atom. The average Bonchev–Trinajstić information content (AvgIpc) is 2.67. The Balaban J connectivity index is 1.70. The smallest absolute Gasteiger partial charge is 0.168 e. The number of nitrogens with zero attached hydrogens (tertiary/aromatic N) is 4. The van der Waals surface area contributed by atoms with Crippen molar-refractivity contribution in [1.82, 2.24) is 15.0 Å². The summed E-state index contributed by atoms with van der Waals surface area (Å²) < 4.78 is 5.39. The maximum atomic E-state index is 5.39. The van der Waals surface area contributed by atoms with Crippen LogP contribution in [0.25, 0.3) is 12.2 Å². The van der Waals surface area contributed by atoms with Gasteiger partial charge in [-0.1, -0.05) is 30.0 Å². The maximum Gasteiger partial charge on any atom is 0.168 e. The van der Waals surface area contributed by atoms with Gasteiger partial charge in [0.15, 0.2) is 5.82 Å². The van der Waals surface area contributed by atoms with Crippen LogP contribution >= 0.6 is 11.8 Å². The highest BCUT2D eigenvalue weighted by Crippen LogP contribution is 2.46. The zero-order valence-electron chi connectivity index (χ0n) is 13.7. The second-order valence-electron chi connectivity index (χ2n) is 5.47. The molecule has 0 amide bonds. The van der Waals surface area contributed by atoms with Crippen LogP contribution in [0.1, 0.15) is 11.1 Å². The SMILES string of the molecule is COCN1c2cc(C=Cc3ccncc3)ccc2Sc2nccnc21. The fourth-order valence-electron chi connectivity index (χ4n) is 2.66. The molecular weight excluding hydrogens is 332 g/mol. The molecule has 0 fully saturated rings. The fourth-order valence-corrected chi connectivity index (χ4v) is 3.64. The molecule has 4 rings (SSSR count). The molecule has 0 spiro atoms. The minimum absolute atomic E-state index is 0.427. The molecule has 0 aliphatic carbocycles. The summed E-state index contributed by atoms with van der Waals surface area (Å²) in [5.74, 6) is 0.831. The first-order chi connectivity index (χ1) is 12.3. The first kappa shape index (κ1) is 15.8. The third-order valence-corrected chi connectivity index (χ3v) is 4.86. The van der Waals surface area contributed by atoms with E-state index < -0.39 is 0 Å². The number of hydrogen-bond acceptors (Lipinski definition) is 6. The number of benzene rings is 1. The van der Waals surface area contributed by atoms with Gasteiger partial charge in [0.2, 0.25) is 0 Å². The van der Waals surface area contributed by atoms with E-state index in [1.165, 1.54) is 0 Å². The van der Waals surface area contributed by atoms with Gasteiger partial charge in [-0.15, -0.1) is 0 Å².